The zero-order chi connectivity index (χ0) is 23.9. The van der Waals surface area contributed by atoms with Gasteiger partial charge in [0.25, 0.3) is 0 Å². The smallest absolute Gasteiger partial charge is 0.159 e. The Kier molecular flexibility index (Phi) is 6.39. The number of aromatic nitrogens is 2. The number of ether oxygens (including phenoxy) is 2. The molecule has 0 atom stereocenters. The molecule has 172 valence electrons. The van der Waals surface area contributed by atoms with E-state index in [1.54, 1.807) is 0 Å². The van der Waals surface area contributed by atoms with Crippen LogP contribution in [-0.4, -0.2) is 9.97 Å². The highest BCUT2D eigenvalue weighted by molar-refractivity contribution is 5.80. The number of rotatable bonds is 8. The molecular weight excluding hydrogens is 438 g/mol. The van der Waals surface area contributed by atoms with Gasteiger partial charge in [-0.2, -0.15) is 0 Å². The minimum Gasteiger partial charge on any atom is -0.457 e. The summed E-state index contributed by atoms with van der Waals surface area (Å²) in [5.41, 5.74) is 8.39. The van der Waals surface area contributed by atoms with Crippen molar-refractivity contribution in [1.29, 1.82) is 0 Å². The van der Waals surface area contributed by atoms with Crippen LogP contribution in [0.3, 0.4) is 0 Å². The Balaban J connectivity index is 1.24. The Labute approximate surface area is 203 Å². The van der Waals surface area contributed by atoms with E-state index < -0.39 is 0 Å². The zero-order valence-corrected chi connectivity index (χ0v) is 18.8. The predicted molar refractivity (Wildman–Crippen MR) is 139 cm³/mol. The van der Waals surface area contributed by atoms with Gasteiger partial charge in [-0.3, -0.25) is 0 Å². The molecule has 5 rings (SSSR count). The van der Waals surface area contributed by atoms with Crippen molar-refractivity contribution in [3.8, 4) is 23.0 Å². The summed E-state index contributed by atoms with van der Waals surface area (Å²) >= 11 is 0. The van der Waals surface area contributed by atoms with Gasteiger partial charge in [-0.1, -0.05) is 36.4 Å². The molecule has 0 fully saturated rings. The second-order valence-corrected chi connectivity index (χ2v) is 7.61. The number of nitrogens with zero attached hydrogens (tertiary/aromatic N) is 2. The fraction of sp³-hybridized carbons (Fsp3) is 0. The van der Waals surface area contributed by atoms with E-state index in [-0.39, 0.29) is 0 Å². The molecule has 0 radical (unpaired) electrons. The molecule has 0 unspecified atom stereocenters. The lowest BCUT2D eigenvalue weighted by atomic mass is 10.2. The fourth-order valence-corrected chi connectivity index (χ4v) is 3.33. The zero-order valence-electron chi connectivity index (χ0n) is 18.8. The molecule has 5 aromatic rings. The van der Waals surface area contributed by atoms with Crippen LogP contribution in [-0.2, 0) is 0 Å². The highest BCUT2D eigenvalue weighted by atomic mass is 16.5. The predicted octanol–water partition coefficient (Wildman–Crippen LogP) is 7.13. The Morgan fingerprint density at radius 1 is 0.486 bits per heavy atom. The monoisotopic (exact) mass is 461 g/mol. The molecule has 0 bridgehead atoms. The summed E-state index contributed by atoms with van der Waals surface area (Å²) in [5, 5.41) is 6.47. The van der Waals surface area contributed by atoms with Crippen molar-refractivity contribution in [2.75, 3.05) is 16.4 Å². The van der Waals surface area contributed by atoms with Gasteiger partial charge in [0.15, 0.2) is 11.6 Å². The third kappa shape index (κ3) is 5.66. The summed E-state index contributed by atoms with van der Waals surface area (Å²) in [6.45, 7) is 0. The van der Waals surface area contributed by atoms with E-state index in [2.05, 4.69) is 20.6 Å². The maximum absolute atomic E-state index is 6.34. The minimum absolute atomic E-state index is 0.404. The molecule has 4 N–H and O–H groups in total. The summed E-state index contributed by atoms with van der Waals surface area (Å²) in [6.07, 6.45) is 1.46. The van der Waals surface area contributed by atoms with E-state index in [0.29, 0.717) is 17.3 Å². The average Bonchev–Trinajstić information content (AvgIpc) is 2.90. The van der Waals surface area contributed by atoms with Crippen molar-refractivity contribution in [2.24, 2.45) is 0 Å². The van der Waals surface area contributed by atoms with Gasteiger partial charge in [-0.25, -0.2) is 9.97 Å². The summed E-state index contributed by atoms with van der Waals surface area (Å²) in [5.74, 6) is 4.04. The topological polar surface area (TPSA) is 94.3 Å². The molecule has 0 amide bonds. The number of benzene rings is 4. The Bertz CT molecular complexity index is 1270. The van der Waals surface area contributed by atoms with Gasteiger partial charge in [0.1, 0.15) is 35.0 Å². The van der Waals surface area contributed by atoms with Crippen molar-refractivity contribution in [3.05, 3.63) is 116 Å². The summed E-state index contributed by atoms with van der Waals surface area (Å²) < 4.78 is 11.7. The molecule has 1 heterocycles. The second-order valence-electron chi connectivity index (χ2n) is 7.61. The lowest BCUT2D eigenvalue weighted by Crippen LogP contribution is -2.05. The second kappa shape index (κ2) is 10.3. The molecular formula is C28H23N5O2. The van der Waals surface area contributed by atoms with Crippen molar-refractivity contribution in [3.63, 3.8) is 0 Å². The van der Waals surface area contributed by atoms with Gasteiger partial charge in [0.2, 0.25) is 0 Å². The van der Waals surface area contributed by atoms with Crippen LogP contribution in [0.15, 0.2) is 116 Å². The summed E-state index contributed by atoms with van der Waals surface area (Å²) in [7, 11) is 0. The first-order valence-electron chi connectivity index (χ1n) is 11.0. The molecule has 0 saturated carbocycles. The van der Waals surface area contributed by atoms with Crippen molar-refractivity contribution in [1.82, 2.24) is 9.97 Å². The molecule has 4 aromatic carbocycles. The number of para-hydroxylation sites is 2. The molecule has 7 nitrogen and oxygen atoms in total. The molecule has 35 heavy (non-hydrogen) atoms. The van der Waals surface area contributed by atoms with Crippen molar-refractivity contribution in [2.45, 2.75) is 0 Å². The van der Waals surface area contributed by atoms with Crippen LogP contribution in [0, 0.1) is 0 Å². The molecule has 0 saturated heterocycles. The Morgan fingerprint density at radius 2 is 0.857 bits per heavy atom. The van der Waals surface area contributed by atoms with Crippen LogP contribution in [0.2, 0.25) is 0 Å². The number of hydrogen-bond donors (Lipinski definition) is 3. The van der Waals surface area contributed by atoms with E-state index in [1.807, 2.05) is 109 Å². The molecule has 0 aliphatic carbocycles. The van der Waals surface area contributed by atoms with Gasteiger partial charge < -0.3 is 25.8 Å². The third-order valence-corrected chi connectivity index (χ3v) is 5.08. The molecule has 7 heteroatoms. The quantitative estimate of drug-likeness (QED) is 0.226. The number of anilines is 5. The fourth-order valence-electron chi connectivity index (χ4n) is 3.33. The standard InChI is InChI=1S/C28H23N5O2/c29-26-27(32-20-11-15-24(16-12-20)34-22-7-3-1-4-8-22)30-19-31-28(26)33-21-13-17-25(18-14-21)35-23-9-5-2-6-10-23/h1-19H,29H2,(H2,30,31,32,33). The van der Waals surface area contributed by atoms with E-state index in [1.165, 1.54) is 6.33 Å². The van der Waals surface area contributed by atoms with Crippen LogP contribution in [0.4, 0.5) is 28.7 Å². The minimum atomic E-state index is 0.404. The van der Waals surface area contributed by atoms with E-state index in [4.69, 9.17) is 15.2 Å². The first kappa shape index (κ1) is 21.8. The van der Waals surface area contributed by atoms with Crippen LogP contribution in [0.5, 0.6) is 23.0 Å². The summed E-state index contributed by atoms with van der Waals surface area (Å²) in [4.78, 5) is 8.58. The third-order valence-electron chi connectivity index (χ3n) is 5.08. The number of nitrogen functional groups attached to an aromatic ring is 1. The van der Waals surface area contributed by atoms with Crippen LogP contribution >= 0.6 is 0 Å². The van der Waals surface area contributed by atoms with E-state index >= 15 is 0 Å². The van der Waals surface area contributed by atoms with Crippen LogP contribution < -0.4 is 25.8 Å². The van der Waals surface area contributed by atoms with Gasteiger partial charge in [-0.15, -0.1) is 0 Å². The lowest BCUT2D eigenvalue weighted by Gasteiger charge is -2.13. The Morgan fingerprint density at radius 3 is 1.26 bits per heavy atom. The molecule has 0 aliphatic rings. The van der Waals surface area contributed by atoms with Gasteiger partial charge in [-0.05, 0) is 72.8 Å². The van der Waals surface area contributed by atoms with Gasteiger partial charge in [0, 0.05) is 11.4 Å². The molecule has 1 aromatic heterocycles. The first-order chi connectivity index (χ1) is 17.2. The normalized spacial score (nSPS) is 10.4. The molecule has 0 spiro atoms. The van der Waals surface area contributed by atoms with Crippen LogP contribution in [0.25, 0.3) is 0 Å². The maximum atomic E-state index is 6.34. The average molecular weight is 462 g/mol. The van der Waals surface area contributed by atoms with E-state index in [9.17, 15) is 0 Å². The lowest BCUT2D eigenvalue weighted by molar-refractivity contribution is 0.482. The molecule has 0 aliphatic heterocycles. The first-order valence-corrected chi connectivity index (χ1v) is 11.0. The van der Waals surface area contributed by atoms with Gasteiger partial charge >= 0.3 is 0 Å². The SMILES string of the molecule is Nc1c(Nc2ccc(Oc3ccccc3)cc2)ncnc1Nc1ccc(Oc2ccccc2)cc1. The number of nitrogens with one attached hydrogen (secondary N) is 2. The van der Waals surface area contributed by atoms with Crippen molar-refractivity contribution < 1.29 is 9.47 Å². The Hall–Kier alpha value is -5.04. The maximum Gasteiger partial charge on any atom is 0.159 e. The highest BCUT2D eigenvalue weighted by Crippen LogP contribution is 2.30. The van der Waals surface area contributed by atoms with Crippen LogP contribution in [0.1, 0.15) is 0 Å². The van der Waals surface area contributed by atoms with Crippen molar-refractivity contribution >= 4 is 28.7 Å². The number of nitrogens with two attached hydrogens (primary N) is 1. The number of hydrogen-bond acceptors (Lipinski definition) is 7. The van der Waals surface area contributed by atoms with E-state index in [0.717, 1.165) is 34.4 Å². The van der Waals surface area contributed by atoms with Gasteiger partial charge in [0.05, 0.1) is 0 Å². The summed E-state index contributed by atoms with van der Waals surface area (Å²) in [6, 6.07) is 34.4. The highest BCUT2D eigenvalue weighted by Gasteiger charge is 2.09. The largest absolute Gasteiger partial charge is 0.457 e.